The van der Waals surface area contributed by atoms with Crippen molar-refractivity contribution in [2.75, 3.05) is 13.2 Å². The molecule has 0 spiro atoms. The minimum atomic E-state index is -1.88. The third-order valence-electron chi connectivity index (χ3n) is 6.05. The third-order valence-corrected chi connectivity index (χ3v) is 6.05. The predicted molar refractivity (Wildman–Crippen MR) is 99.8 cm³/mol. The molecular weight excluding hydrogens is 456 g/mol. The average molecular weight is 488 g/mol. The molecule has 6 unspecified atom stereocenters. The largest absolute Gasteiger partial charge is 0.394 e. The number of rotatable bonds is 6. The van der Waals surface area contributed by atoms with Gasteiger partial charge in [0, 0.05) is 0 Å². The fraction of sp³-hybridized carbons (Fsp3) is 1.00. The number of hydrogen-bond donors (Lipinski definition) is 10. The number of aliphatic hydroxyl groups excluding tert-OH is 10. The molecule has 0 aromatic heterocycles. The van der Waals surface area contributed by atoms with Crippen molar-refractivity contribution >= 4 is 0 Å². The summed E-state index contributed by atoms with van der Waals surface area (Å²) >= 11 is 0. The zero-order valence-electron chi connectivity index (χ0n) is 17.6. The van der Waals surface area contributed by atoms with Gasteiger partial charge in [-0.15, -0.1) is 0 Å². The van der Waals surface area contributed by atoms with E-state index in [2.05, 4.69) is 0 Å². The Balaban J connectivity index is 1.83. The van der Waals surface area contributed by atoms with E-state index >= 15 is 0 Å². The van der Waals surface area contributed by atoms with Crippen LogP contribution >= 0.6 is 0 Å². The average Bonchev–Trinajstić information content (AvgIpc) is 2.80. The van der Waals surface area contributed by atoms with Crippen molar-refractivity contribution in [3.05, 3.63) is 0 Å². The Morgan fingerprint density at radius 3 is 1.64 bits per heavy atom. The van der Waals surface area contributed by atoms with Crippen LogP contribution in [0.1, 0.15) is 6.92 Å². The summed E-state index contributed by atoms with van der Waals surface area (Å²) in [4.78, 5) is 0. The first kappa shape index (κ1) is 27.0. The molecule has 3 heterocycles. The van der Waals surface area contributed by atoms with Crippen molar-refractivity contribution in [3.8, 4) is 0 Å². The Hall–Kier alpha value is -0.600. The van der Waals surface area contributed by atoms with E-state index in [0.717, 1.165) is 0 Å². The second-order valence-electron chi connectivity index (χ2n) is 8.32. The second kappa shape index (κ2) is 11.0. The lowest BCUT2D eigenvalue weighted by Gasteiger charge is -2.48. The Morgan fingerprint density at radius 2 is 1.06 bits per heavy atom. The van der Waals surface area contributed by atoms with E-state index < -0.39 is 105 Å². The zero-order chi connectivity index (χ0) is 24.6. The molecule has 0 amide bonds. The summed E-state index contributed by atoms with van der Waals surface area (Å²) in [5, 5.41) is 99.8. The first-order chi connectivity index (χ1) is 15.5. The minimum absolute atomic E-state index is 0.739. The molecule has 3 saturated heterocycles. The maximum absolute atomic E-state index is 10.5. The van der Waals surface area contributed by atoms with Crippen molar-refractivity contribution in [2.24, 2.45) is 0 Å². The highest BCUT2D eigenvalue weighted by molar-refractivity contribution is 4.96. The van der Waals surface area contributed by atoms with Gasteiger partial charge in [-0.2, -0.15) is 0 Å². The van der Waals surface area contributed by atoms with Crippen LogP contribution in [0.5, 0.6) is 0 Å². The molecule has 0 aromatic rings. The van der Waals surface area contributed by atoms with Crippen molar-refractivity contribution < 1.29 is 74.7 Å². The van der Waals surface area contributed by atoms with Gasteiger partial charge in [0.25, 0.3) is 0 Å². The van der Waals surface area contributed by atoms with E-state index in [4.69, 9.17) is 23.7 Å². The lowest BCUT2D eigenvalue weighted by Crippen LogP contribution is -2.66. The molecule has 15 nitrogen and oxygen atoms in total. The molecule has 3 rings (SSSR count). The van der Waals surface area contributed by atoms with Crippen LogP contribution in [0, 0.1) is 0 Å². The van der Waals surface area contributed by atoms with E-state index in [9.17, 15) is 51.1 Å². The van der Waals surface area contributed by atoms with Crippen LogP contribution in [0.4, 0.5) is 0 Å². The molecule has 194 valence electrons. The molecule has 0 radical (unpaired) electrons. The van der Waals surface area contributed by atoms with Gasteiger partial charge in [0.05, 0.1) is 19.3 Å². The highest BCUT2D eigenvalue weighted by Crippen LogP contribution is 2.32. The molecule has 15 heteroatoms. The summed E-state index contributed by atoms with van der Waals surface area (Å²) in [7, 11) is 0. The predicted octanol–water partition coefficient (Wildman–Crippen LogP) is -6.55. The van der Waals surface area contributed by atoms with Gasteiger partial charge in [0.2, 0.25) is 0 Å². The highest BCUT2D eigenvalue weighted by atomic mass is 16.8. The van der Waals surface area contributed by atoms with Crippen LogP contribution in [0.3, 0.4) is 0 Å². The Labute approximate surface area is 187 Å². The third kappa shape index (κ3) is 5.32. The summed E-state index contributed by atoms with van der Waals surface area (Å²) in [6.07, 6.45) is -24.0. The normalized spacial score (nSPS) is 53.7. The van der Waals surface area contributed by atoms with Gasteiger partial charge < -0.3 is 74.7 Å². The maximum atomic E-state index is 10.5. The second-order valence-corrected chi connectivity index (χ2v) is 8.32. The number of hydrogen-bond acceptors (Lipinski definition) is 15. The van der Waals surface area contributed by atoms with Crippen LogP contribution in [-0.4, -0.2) is 156 Å². The van der Waals surface area contributed by atoms with Gasteiger partial charge in [-0.3, -0.25) is 0 Å². The highest BCUT2D eigenvalue weighted by Gasteiger charge is 2.53. The number of aliphatic hydroxyl groups is 10. The van der Waals surface area contributed by atoms with Gasteiger partial charge in [-0.1, -0.05) is 0 Å². The molecular formula is C18H32O15. The van der Waals surface area contributed by atoms with Crippen LogP contribution in [0.2, 0.25) is 0 Å². The summed E-state index contributed by atoms with van der Waals surface area (Å²) in [6.45, 7) is -0.127. The topological polar surface area (TPSA) is 248 Å². The zero-order valence-corrected chi connectivity index (χ0v) is 17.6. The van der Waals surface area contributed by atoms with Gasteiger partial charge in [0.15, 0.2) is 18.9 Å². The molecule has 15 atom stereocenters. The standard InChI is InChI=1S/C18H32O15/c1-4-7(21)9(23)11(25)17(29-4)33-15-13(27)16(28)30-6(3-20)14(15)32-18-12(26)10(24)8(22)5(2-19)31-18/h4-28H,2-3H2,1H3/t4?,5?,6?,7-,8+,9-,10-,11?,12?,13?,14-,15+,16+,17+,18+/m1/s1. The molecule has 33 heavy (non-hydrogen) atoms. The minimum Gasteiger partial charge on any atom is -0.394 e. The van der Waals surface area contributed by atoms with E-state index in [-0.39, 0.29) is 0 Å². The first-order valence-electron chi connectivity index (χ1n) is 10.4. The van der Waals surface area contributed by atoms with Crippen LogP contribution in [0.15, 0.2) is 0 Å². The van der Waals surface area contributed by atoms with E-state index in [1.807, 2.05) is 0 Å². The molecule has 0 aromatic carbocycles. The molecule has 0 bridgehead atoms. The van der Waals surface area contributed by atoms with Gasteiger partial charge in [-0.05, 0) is 6.92 Å². The van der Waals surface area contributed by atoms with Crippen molar-refractivity contribution in [1.82, 2.24) is 0 Å². The van der Waals surface area contributed by atoms with E-state index in [1.165, 1.54) is 6.92 Å². The molecule has 0 aliphatic carbocycles. The molecule has 0 saturated carbocycles. The van der Waals surface area contributed by atoms with E-state index in [0.29, 0.717) is 0 Å². The fourth-order valence-corrected chi connectivity index (χ4v) is 3.99. The summed E-state index contributed by atoms with van der Waals surface area (Å²) in [5.74, 6) is 0. The number of ether oxygens (including phenoxy) is 5. The lowest BCUT2D eigenvalue weighted by atomic mass is 9.96. The van der Waals surface area contributed by atoms with Gasteiger partial charge in [-0.25, -0.2) is 0 Å². The molecule has 3 aliphatic heterocycles. The smallest absolute Gasteiger partial charge is 0.187 e. The van der Waals surface area contributed by atoms with Crippen LogP contribution < -0.4 is 0 Å². The van der Waals surface area contributed by atoms with Crippen molar-refractivity contribution in [1.29, 1.82) is 0 Å². The summed E-state index contributed by atoms with van der Waals surface area (Å²) < 4.78 is 26.9. The fourth-order valence-electron chi connectivity index (χ4n) is 3.99. The van der Waals surface area contributed by atoms with E-state index in [1.54, 1.807) is 0 Å². The van der Waals surface area contributed by atoms with Crippen LogP contribution in [-0.2, 0) is 23.7 Å². The first-order valence-corrected chi connectivity index (χ1v) is 10.4. The molecule has 3 aliphatic rings. The monoisotopic (exact) mass is 488 g/mol. The quantitative estimate of drug-likeness (QED) is 0.167. The van der Waals surface area contributed by atoms with Crippen molar-refractivity contribution in [3.63, 3.8) is 0 Å². The lowest BCUT2D eigenvalue weighted by molar-refractivity contribution is -0.382. The molecule has 10 N–H and O–H groups in total. The SMILES string of the molecule is CC1O[C@@H](O[C@H]2C(O)[C@@H](O)OC(CO)[C@H]2O[C@@H]2OC(CO)[C@H](O)[C@@H](O)C2O)C(O)[C@H](O)[C@@H]1O. The Bertz CT molecular complexity index is 624. The Morgan fingerprint density at radius 1 is 0.545 bits per heavy atom. The van der Waals surface area contributed by atoms with Crippen molar-refractivity contribution in [2.45, 2.75) is 99.0 Å². The van der Waals surface area contributed by atoms with Gasteiger partial charge >= 0.3 is 0 Å². The summed E-state index contributed by atoms with van der Waals surface area (Å²) in [5.41, 5.74) is 0. The Kier molecular flexibility index (Phi) is 8.99. The van der Waals surface area contributed by atoms with Crippen LogP contribution in [0.25, 0.3) is 0 Å². The maximum Gasteiger partial charge on any atom is 0.187 e. The summed E-state index contributed by atoms with van der Waals surface area (Å²) in [6, 6.07) is 0. The van der Waals surface area contributed by atoms with Gasteiger partial charge in [0.1, 0.15) is 67.1 Å². The molecule has 3 fully saturated rings.